The van der Waals surface area contributed by atoms with E-state index in [1.54, 1.807) is 12.1 Å². The van der Waals surface area contributed by atoms with E-state index in [2.05, 4.69) is 20.8 Å². The van der Waals surface area contributed by atoms with Crippen LogP contribution in [0.3, 0.4) is 0 Å². The van der Waals surface area contributed by atoms with Gasteiger partial charge in [-0.05, 0) is 24.3 Å². The molecule has 0 saturated carbocycles. The van der Waals surface area contributed by atoms with Crippen LogP contribution in [0.15, 0.2) is 28.7 Å². The van der Waals surface area contributed by atoms with Crippen molar-refractivity contribution in [1.29, 1.82) is 5.41 Å². The van der Waals surface area contributed by atoms with Crippen molar-refractivity contribution in [2.24, 2.45) is 0 Å². The Kier molecular flexibility index (Phi) is 4.11. The van der Waals surface area contributed by atoms with Gasteiger partial charge in [-0.3, -0.25) is 10.2 Å². The lowest BCUT2D eigenvalue weighted by molar-refractivity contribution is -0.181. The second kappa shape index (κ2) is 5.17. The molecule has 0 aliphatic heterocycles. The molecule has 0 saturated heterocycles. The maximum Gasteiger partial charge on any atom is 0.474 e. The monoisotopic (exact) mass is 310 g/mol. The van der Waals surface area contributed by atoms with Crippen LogP contribution in [0.1, 0.15) is 5.56 Å². The Hall–Kier alpha value is -1.57. The van der Waals surface area contributed by atoms with Gasteiger partial charge < -0.3 is 4.84 Å². The van der Waals surface area contributed by atoms with Gasteiger partial charge >= 0.3 is 12.1 Å². The van der Waals surface area contributed by atoms with Crippen molar-refractivity contribution in [3.63, 3.8) is 0 Å². The first-order chi connectivity index (χ1) is 7.80. The number of hydrogen-bond donors (Lipinski definition) is 2. The average Bonchev–Trinajstić information content (AvgIpc) is 2.25. The highest BCUT2D eigenvalue weighted by atomic mass is 79.9. The van der Waals surface area contributed by atoms with Crippen LogP contribution >= 0.6 is 15.9 Å². The summed E-state index contributed by atoms with van der Waals surface area (Å²) in [5.74, 6) is -2.85. The number of carbonyl (C=O) groups is 1. The first-order valence-electron chi connectivity index (χ1n) is 4.19. The van der Waals surface area contributed by atoms with Crippen molar-refractivity contribution in [2.45, 2.75) is 6.18 Å². The number of benzene rings is 1. The highest BCUT2D eigenvalue weighted by Crippen LogP contribution is 2.14. The summed E-state index contributed by atoms with van der Waals surface area (Å²) in [6.07, 6.45) is -5.04. The largest absolute Gasteiger partial charge is 0.474 e. The number of hydrogen-bond acceptors (Lipinski definition) is 3. The first kappa shape index (κ1) is 13.5. The summed E-state index contributed by atoms with van der Waals surface area (Å²) in [7, 11) is 0. The zero-order chi connectivity index (χ0) is 13.1. The second-order valence-electron chi connectivity index (χ2n) is 2.87. The Labute approximate surface area is 102 Å². The molecule has 0 unspecified atom stereocenters. The number of carbonyl (C=O) groups excluding carboxylic acids is 1. The Balaban J connectivity index is 2.56. The molecule has 0 spiro atoms. The molecule has 0 aliphatic rings. The summed E-state index contributed by atoms with van der Waals surface area (Å²) in [5, 5.41) is 7.28. The van der Waals surface area contributed by atoms with Crippen LogP contribution in [0.25, 0.3) is 0 Å². The normalized spacial score (nSPS) is 10.8. The fourth-order valence-electron chi connectivity index (χ4n) is 0.815. The number of hydroxylamine groups is 1. The summed E-state index contributed by atoms with van der Waals surface area (Å²) < 4.78 is 36.1. The standard InChI is InChI=1S/C9H6BrF3N2O2/c10-6-3-1-5(2-4-6)7(14)17-15-8(16)9(11,12)13/h1-4,14H,(H,15,16). The molecular formula is C9H6BrF3N2O2. The molecule has 92 valence electrons. The Morgan fingerprint density at radius 2 is 1.82 bits per heavy atom. The van der Waals surface area contributed by atoms with Gasteiger partial charge in [-0.1, -0.05) is 15.9 Å². The molecule has 0 heterocycles. The molecule has 4 nitrogen and oxygen atoms in total. The zero-order valence-electron chi connectivity index (χ0n) is 8.14. The minimum atomic E-state index is -5.04. The SMILES string of the molecule is N=C(ONC(=O)C(F)(F)F)c1ccc(Br)cc1. The first-order valence-corrected chi connectivity index (χ1v) is 4.98. The number of alkyl halides is 3. The maximum absolute atomic E-state index is 11.8. The predicted octanol–water partition coefficient (Wildman–Crippen LogP) is 2.38. The van der Waals surface area contributed by atoms with Gasteiger partial charge in [0.25, 0.3) is 0 Å². The third kappa shape index (κ3) is 4.06. The van der Waals surface area contributed by atoms with Gasteiger partial charge in [0.1, 0.15) is 0 Å². The van der Waals surface area contributed by atoms with Crippen molar-refractivity contribution < 1.29 is 22.8 Å². The minimum Gasteiger partial charge on any atom is -0.359 e. The molecule has 0 bridgehead atoms. The van der Waals surface area contributed by atoms with E-state index in [0.717, 1.165) is 9.95 Å². The Morgan fingerprint density at radius 3 is 2.29 bits per heavy atom. The minimum absolute atomic E-state index is 0.232. The highest BCUT2D eigenvalue weighted by Gasteiger charge is 2.39. The molecule has 0 aliphatic carbocycles. The second-order valence-corrected chi connectivity index (χ2v) is 3.78. The molecule has 2 N–H and O–H groups in total. The van der Waals surface area contributed by atoms with E-state index < -0.39 is 18.0 Å². The van der Waals surface area contributed by atoms with Crippen LogP contribution < -0.4 is 5.48 Å². The third-order valence-electron chi connectivity index (χ3n) is 1.61. The van der Waals surface area contributed by atoms with E-state index in [-0.39, 0.29) is 5.56 Å². The summed E-state index contributed by atoms with van der Waals surface area (Å²) in [6, 6.07) is 6.07. The van der Waals surface area contributed by atoms with E-state index >= 15 is 0 Å². The maximum atomic E-state index is 11.8. The van der Waals surface area contributed by atoms with Gasteiger partial charge in [-0.2, -0.15) is 18.7 Å². The zero-order valence-corrected chi connectivity index (χ0v) is 9.72. The van der Waals surface area contributed by atoms with Gasteiger partial charge in [-0.25, -0.2) is 0 Å². The average molecular weight is 311 g/mol. The van der Waals surface area contributed by atoms with Crippen LogP contribution in [-0.2, 0) is 9.63 Å². The lowest BCUT2D eigenvalue weighted by Gasteiger charge is -2.09. The Bertz CT molecular complexity index is 431. The summed E-state index contributed by atoms with van der Waals surface area (Å²) >= 11 is 3.15. The van der Waals surface area contributed by atoms with Crippen LogP contribution in [0, 0.1) is 5.41 Å². The van der Waals surface area contributed by atoms with E-state index in [1.165, 1.54) is 12.1 Å². The molecule has 1 amide bonds. The molecule has 0 atom stereocenters. The predicted molar refractivity (Wildman–Crippen MR) is 56.3 cm³/mol. The molecule has 0 radical (unpaired) electrons. The van der Waals surface area contributed by atoms with Crippen molar-refractivity contribution in [3.05, 3.63) is 34.3 Å². The molecule has 1 aromatic carbocycles. The third-order valence-corrected chi connectivity index (χ3v) is 2.14. The van der Waals surface area contributed by atoms with E-state index in [9.17, 15) is 18.0 Å². The molecule has 1 rings (SSSR count). The van der Waals surface area contributed by atoms with Crippen molar-refractivity contribution >= 4 is 27.7 Å². The van der Waals surface area contributed by atoms with Crippen molar-refractivity contribution in [1.82, 2.24) is 5.48 Å². The molecule has 17 heavy (non-hydrogen) atoms. The number of halogens is 4. The topological polar surface area (TPSA) is 62.2 Å². The fourth-order valence-corrected chi connectivity index (χ4v) is 1.08. The number of rotatable bonds is 1. The van der Waals surface area contributed by atoms with Crippen LogP contribution in [0.5, 0.6) is 0 Å². The molecule has 1 aromatic rings. The smallest absolute Gasteiger partial charge is 0.359 e. The van der Waals surface area contributed by atoms with Crippen LogP contribution in [-0.4, -0.2) is 18.0 Å². The molecule has 8 heteroatoms. The van der Waals surface area contributed by atoms with Gasteiger partial charge in [0.05, 0.1) is 0 Å². The van der Waals surface area contributed by atoms with E-state index in [0.29, 0.717) is 0 Å². The van der Waals surface area contributed by atoms with Gasteiger partial charge in [0.15, 0.2) is 0 Å². The summed E-state index contributed by atoms with van der Waals surface area (Å²) in [4.78, 5) is 14.6. The molecule has 0 aromatic heterocycles. The molecule has 0 fully saturated rings. The molecular weight excluding hydrogens is 305 g/mol. The van der Waals surface area contributed by atoms with Crippen molar-refractivity contribution in [3.8, 4) is 0 Å². The Morgan fingerprint density at radius 1 is 1.29 bits per heavy atom. The van der Waals surface area contributed by atoms with E-state index in [4.69, 9.17) is 5.41 Å². The summed E-state index contributed by atoms with van der Waals surface area (Å²) in [5.41, 5.74) is 1.37. The summed E-state index contributed by atoms with van der Waals surface area (Å²) in [6.45, 7) is 0. The number of amides is 1. The van der Waals surface area contributed by atoms with Crippen LogP contribution in [0.4, 0.5) is 13.2 Å². The lowest BCUT2D eigenvalue weighted by Crippen LogP contribution is -2.38. The highest BCUT2D eigenvalue weighted by molar-refractivity contribution is 9.10. The quantitative estimate of drug-likeness (QED) is 0.475. The number of nitrogens with one attached hydrogen (secondary N) is 2. The van der Waals surface area contributed by atoms with Gasteiger partial charge in [-0.15, -0.1) is 0 Å². The van der Waals surface area contributed by atoms with Crippen LogP contribution in [0.2, 0.25) is 0 Å². The van der Waals surface area contributed by atoms with E-state index in [1.807, 2.05) is 0 Å². The lowest BCUT2D eigenvalue weighted by atomic mass is 10.2. The van der Waals surface area contributed by atoms with Gasteiger partial charge in [0.2, 0.25) is 5.90 Å². The fraction of sp³-hybridized carbons (Fsp3) is 0.111. The van der Waals surface area contributed by atoms with Crippen molar-refractivity contribution in [2.75, 3.05) is 0 Å². The van der Waals surface area contributed by atoms with Gasteiger partial charge in [0, 0.05) is 10.0 Å².